The molecule has 4 atom stereocenters. The van der Waals surface area contributed by atoms with Gasteiger partial charge in [-0.2, -0.15) is 0 Å². The Morgan fingerprint density at radius 2 is 2.00 bits per heavy atom. The highest BCUT2D eigenvalue weighted by Crippen LogP contribution is 2.47. The molecular weight excluding hydrogens is 298 g/mol. The van der Waals surface area contributed by atoms with Crippen LogP contribution in [-0.4, -0.2) is 36.5 Å². The number of nitrogens with zero attached hydrogens (tertiary/aromatic N) is 1. The monoisotopic (exact) mass is 327 g/mol. The molecule has 3 N–H and O–H groups in total. The van der Waals surface area contributed by atoms with E-state index in [4.69, 9.17) is 5.73 Å². The van der Waals surface area contributed by atoms with Crippen LogP contribution in [0.3, 0.4) is 0 Å². The van der Waals surface area contributed by atoms with E-state index in [2.05, 4.69) is 34.5 Å². The lowest BCUT2D eigenvalue weighted by Gasteiger charge is -2.29. The molecule has 1 aromatic rings. The molecule has 1 aromatic carbocycles. The molecule has 1 heterocycles. The maximum absolute atomic E-state index is 12.5. The Bertz CT molecular complexity index is 600. The van der Waals surface area contributed by atoms with E-state index in [1.165, 1.54) is 30.4 Å². The van der Waals surface area contributed by atoms with E-state index < -0.39 is 0 Å². The number of carbonyl (C=O) groups excluding carboxylic acids is 1. The van der Waals surface area contributed by atoms with Crippen LogP contribution in [-0.2, 0) is 17.8 Å². The highest BCUT2D eigenvalue weighted by atomic mass is 16.1. The number of hydrogen-bond donors (Lipinski definition) is 2. The molecule has 3 aliphatic rings. The summed E-state index contributed by atoms with van der Waals surface area (Å²) in [5, 5.41) is 3.15. The molecule has 130 valence electrons. The Morgan fingerprint density at radius 1 is 1.21 bits per heavy atom. The number of amides is 1. The molecule has 1 amide bonds. The first kappa shape index (κ1) is 16.1. The van der Waals surface area contributed by atoms with Gasteiger partial charge in [0.1, 0.15) is 0 Å². The average Bonchev–Trinajstić information content (AvgIpc) is 3.19. The predicted octanol–water partition coefficient (Wildman–Crippen LogP) is 1.92. The van der Waals surface area contributed by atoms with Gasteiger partial charge in [0.25, 0.3) is 0 Å². The molecule has 2 saturated carbocycles. The average molecular weight is 327 g/mol. The van der Waals surface area contributed by atoms with Gasteiger partial charge in [-0.25, -0.2) is 0 Å². The molecular formula is C20H29N3O. The number of nitrogens with two attached hydrogens (primary N) is 1. The lowest BCUT2D eigenvalue weighted by atomic mass is 9.84. The molecule has 0 spiro atoms. The summed E-state index contributed by atoms with van der Waals surface area (Å²) in [5.41, 5.74) is 9.21. The second-order valence-corrected chi connectivity index (χ2v) is 7.88. The molecule has 4 rings (SSSR count). The van der Waals surface area contributed by atoms with E-state index in [1.54, 1.807) is 0 Å². The molecule has 4 unspecified atom stereocenters. The van der Waals surface area contributed by atoms with Gasteiger partial charge >= 0.3 is 0 Å². The van der Waals surface area contributed by atoms with Gasteiger partial charge in [0.05, 0.1) is 5.92 Å². The van der Waals surface area contributed by atoms with Crippen molar-refractivity contribution in [2.24, 2.45) is 23.5 Å². The number of nitrogens with one attached hydrogen (secondary N) is 1. The van der Waals surface area contributed by atoms with Crippen molar-refractivity contribution < 1.29 is 4.79 Å². The van der Waals surface area contributed by atoms with Crippen molar-refractivity contribution >= 4 is 5.91 Å². The van der Waals surface area contributed by atoms with Crippen molar-refractivity contribution in [3.8, 4) is 0 Å². The number of benzene rings is 1. The highest BCUT2D eigenvalue weighted by Gasteiger charge is 2.48. The Kier molecular flexibility index (Phi) is 4.59. The third-order valence-corrected chi connectivity index (χ3v) is 6.44. The van der Waals surface area contributed by atoms with Crippen LogP contribution in [0.5, 0.6) is 0 Å². The molecule has 0 radical (unpaired) electrons. The van der Waals surface area contributed by atoms with Crippen LogP contribution in [0.1, 0.15) is 36.8 Å². The quantitative estimate of drug-likeness (QED) is 0.813. The molecule has 24 heavy (non-hydrogen) atoms. The van der Waals surface area contributed by atoms with Crippen molar-refractivity contribution in [1.29, 1.82) is 0 Å². The van der Waals surface area contributed by atoms with Gasteiger partial charge in [-0.1, -0.05) is 24.3 Å². The molecule has 4 heteroatoms. The summed E-state index contributed by atoms with van der Waals surface area (Å²) in [6.45, 7) is 4.00. The largest absolute Gasteiger partial charge is 0.356 e. The smallest absolute Gasteiger partial charge is 0.224 e. The van der Waals surface area contributed by atoms with Crippen LogP contribution in [0, 0.1) is 17.8 Å². The SMILES string of the molecule is NC1C2CCC(C2)C1C(=O)NCCCN1CCc2ccccc2C1. The highest BCUT2D eigenvalue weighted by molar-refractivity contribution is 5.80. The summed E-state index contributed by atoms with van der Waals surface area (Å²) in [4.78, 5) is 15.0. The zero-order chi connectivity index (χ0) is 16.5. The van der Waals surface area contributed by atoms with Crippen molar-refractivity contribution in [2.75, 3.05) is 19.6 Å². The Balaban J connectivity index is 1.19. The standard InChI is InChI=1S/C20H29N3O/c21-19-16-7-6-15(12-16)18(19)20(24)22-9-3-10-23-11-8-14-4-1-2-5-17(14)13-23/h1-2,4-5,15-16,18-19H,3,6-13,21H2,(H,22,24). The zero-order valence-corrected chi connectivity index (χ0v) is 14.4. The van der Waals surface area contributed by atoms with Crippen molar-refractivity contribution in [2.45, 2.75) is 44.7 Å². The third-order valence-electron chi connectivity index (χ3n) is 6.44. The topological polar surface area (TPSA) is 58.4 Å². The number of hydrogen-bond acceptors (Lipinski definition) is 3. The summed E-state index contributed by atoms with van der Waals surface area (Å²) in [5.74, 6) is 1.42. The summed E-state index contributed by atoms with van der Waals surface area (Å²) in [7, 11) is 0. The van der Waals surface area contributed by atoms with Crippen LogP contribution in [0.2, 0.25) is 0 Å². The predicted molar refractivity (Wildman–Crippen MR) is 95.3 cm³/mol. The van der Waals surface area contributed by atoms with Crippen LogP contribution in [0.15, 0.2) is 24.3 Å². The zero-order valence-electron chi connectivity index (χ0n) is 14.4. The molecule has 4 nitrogen and oxygen atoms in total. The molecule has 0 aromatic heterocycles. The van der Waals surface area contributed by atoms with Gasteiger partial charge in [0.15, 0.2) is 0 Å². The molecule has 2 fully saturated rings. The van der Waals surface area contributed by atoms with Crippen molar-refractivity contribution in [3.63, 3.8) is 0 Å². The Hall–Kier alpha value is -1.39. The fourth-order valence-corrected chi connectivity index (χ4v) is 5.10. The fraction of sp³-hybridized carbons (Fsp3) is 0.650. The van der Waals surface area contributed by atoms with Gasteiger partial charge in [0.2, 0.25) is 5.91 Å². The second-order valence-electron chi connectivity index (χ2n) is 7.88. The molecule has 2 aliphatic carbocycles. The first-order chi connectivity index (χ1) is 11.7. The van der Waals surface area contributed by atoms with Gasteiger partial charge in [-0.3, -0.25) is 9.69 Å². The maximum Gasteiger partial charge on any atom is 0.224 e. The van der Waals surface area contributed by atoms with Crippen molar-refractivity contribution in [1.82, 2.24) is 10.2 Å². The van der Waals surface area contributed by atoms with E-state index in [0.717, 1.165) is 39.0 Å². The second kappa shape index (κ2) is 6.85. The number of carbonyl (C=O) groups is 1. The summed E-state index contributed by atoms with van der Waals surface area (Å²) >= 11 is 0. The Morgan fingerprint density at radius 3 is 2.79 bits per heavy atom. The van der Waals surface area contributed by atoms with Gasteiger partial charge in [-0.05, 0) is 55.1 Å². The summed E-state index contributed by atoms with van der Waals surface area (Å²) in [6.07, 6.45) is 5.76. The van der Waals surface area contributed by atoms with E-state index in [1.807, 2.05) is 0 Å². The van der Waals surface area contributed by atoms with Crippen LogP contribution in [0.4, 0.5) is 0 Å². The van der Waals surface area contributed by atoms with Crippen LogP contribution >= 0.6 is 0 Å². The van der Waals surface area contributed by atoms with Gasteiger partial charge in [-0.15, -0.1) is 0 Å². The first-order valence-corrected chi connectivity index (χ1v) is 9.55. The van der Waals surface area contributed by atoms with E-state index in [-0.39, 0.29) is 17.9 Å². The maximum atomic E-state index is 12.5. The third kappa shape index (κ3) is 3.09. The van der Waals surface area contributed by atoms with Crippen LogP contribution < -0.4 is 11.1 Å². The minimum atomic E-state index is 0.0746. The minimum absolute atomic E-state index is 0.0746. The first-order valence-electron chi connectivity index (χ1n) is 9.55. The molecule has 2 bridgehead atoms. The lowest BCUT2D eigenvalue weighted by Crippen LogP contribution is -2.45. The van der Waals surface area contributed by atoms with Crippen molar-refractivity contribution in [3.05, 3.63) is 35.4 Å². The molecule has 1 aliphatic heterocycles. The van der Waals surface area contributed by atoms with E-state index in [9.17, 15) is 4.79 Å². The van der Waals surface area contributed by atoms with E-state index >= 15 is 0 Å². The lowest BCUT2D eigenvalue weighted by molar-refractivity contribution is -0.127. The van der Waals surface area contributed by atoms with Gasteiger partial charge < -0.3 is 11.1 Å². The fourth-order valence-electron chi connectivity index (χ4n) is 5.10. The number of fused-ring (bicyclic) bond motifs is 3. The van der Waals surface area contributed by atoms with Crippen LogP contribution in [0.25, 0.3) is 0 Å². The number of rotatable bonds is 5. The summed E-state index contributed by atoms with van der Waals surface area (Å²) in [6, 6.07) is 8.83. The van der Waals surface area contributed by atoms with Gasteiger partial charge in [0, 0.05) is 32.2 Å². The minimum Gasteiger partial charge on any atom is -0.356 e. The molecule has 0 saturated heterocycles. The Labute approximate surface area is 144 Å². The van der Waals surface area contributed by atoms with E-state index in [0.29, 0.717) is 11.8 Å². The normalized spacial score (nSPS) is 31.9. The summed E-state index contributed by atoms with van der Waals surface area (Å²) < 4.78 is 0.